The predicted molar refractivity (Wildman–Crippen MR) is 65.2 cm³/mol. The highest BCUT2D eigenvalue weighted by Crippen LogP contribution is 2.23. The smallest absolute Gasteiger partial charge is 0.241 e. The number of amides is 1. The lowest BCUT2D eigenvalue weighted by atomic mass is 9.99. The second-order valence-electron chi connectivity index (χ2n) is 5.09. The molecule has 2 heterocycles. The first kappa shape index (κ1) is 12.8. The maximum atomic E-state index is 12.2. The van der Waals surface area contributed by atoms with E-state index in [1.165, 1.54) is 0 Å². The van der Waals surface area contributed by atoms with Crippen molar-refractivity contribution in [2.24, 2.45) is 5.92 Å². The van der Waals surface area contributed by atoms with Crippen molar-refractivity contribution in [1.29, 1.82) is 0 Å². The minimum atomic E-state index is -2.92. The van der Waals surface area contributed by atoms with Gasteiger partial charge in [-0.25, -0.2) is 8.42 Å². The number of nitrogens with one attached hydrogen (secondary N) is 1. The molecule has 0 aliphatic carbocycles. The van der Waals surface area contributed by atoms with Gasteiger partial charge in [0.15, 0.2) is 9.84 Å². The Balaban J connectivity index is 2.03. The van der Waals surface area contributed by atoms with Crippen molar-refractivity contribution in [3.63, 3.8) is 0 Å². The van der Waals surface area contributed by atoms with Crippen LogP contribution in [-0.2, 0) is 14.6 Å². The van der Waals surface area contributed by atoms with E-state index >= 15 is 0 Å². The van der Waals surface area contributed by atoms with Gasteiger partial charge in [-0.3, -0.25) is 10.1 Å². The van der Waals surface area contributed by atoms with Crippen LogP contribution in [-0.4, -0.2) is 49.5 Å². The van der Waals surface area contributed by atoms with E-state index in [-0.39, 0.29) is 29.5 Å². The van der Waals surface area contributed by atoms with Crippen molar-refractivity contribution in [3.8, 4) is 0 Å². The second kappa shape index (κ2) is 4.57. The number of carbonyl (C=O) groups excluding carboxylic acids is 1. The summed E-state index contributed by atoms with van der Waals surface area (Å²) in [5, 5.41) is 3.19. The van der Waals surface area contributed by atoms with Gasteiger partial charge in [-0.1, -0.05) is 20.3 Å². The van der Waals surface area contributed by atoms with E-state index in [1.807, 2.05) is 6.92 Å². The molecule has 0 radical (unpaired) electrons. The summed E-state index contributed by atoms with van der Waals surface area (Å²) in [6, 6.07) is -0.252. The molecule has 2 aliphatic rings. The maximum Gasteiger partial charge on any atom is 0.241 e. The van der Waals surface area contributed by atoms with Gasteiger partial charge in [0.2, 0.25) is 5.91 Å². The third-order valence-electron chi connectivity index (χ3n) is 3.89. The van der Waals surface area contributed by atoms with Crippen molar-refractivity contribution in [3.05, 3.63) is 0 Å². The van der Waals surface area contributed by atoms with Gasteiger partial charge in [0.25, 0.3) is 0 Å². The number of hydrogen-bond donors (Lipinski definition) is 1. The fraction of sp³-hybridized carbons (Fsp3) is 0.909. The Morgan fingerprint density at radius 3 is 2.76 bits per heavy atom. The first-order valence-electron chi connectivity index (χ1n) is 6.19. The Bertz CT molecular complexity index is 407. The summed E-state index contributed by atoms with van der Waals surface area (Å²) < 4.78 is 22.8. The van der Waals surface area contributed by atoms with Crippen LogP contribution in [0, 0.1) is 5.92 Å². The molecular weight excluding hydrogens is 240 g/mol. The number of rotatable bonds is 3. The zero-order valence-corrected chi connectivity index (χ0v) is 11.2. The molecule has 1 amide bonds. The van der Waals surface area contributed by atoms with Crippen molar-refractivity contribution in [1.82, 2.24) is 10.2 Å². The number of sulfone groups is 1. The van der Waals surface area contributed by atoms with Crippen molar-refractivity contribution in [2.75, 3.05) is 18.2 Å². The first-order valence-corrected chi connectivity index (χ1v) is 8.01. The zero-order chi connectivity index (χ0) is 12.6. The van der Waals surface area contributed by atoms with Gasteiger partial charge in [0.1, 0.15) is 0 Å². The minimum absolute atomic E-state index is 0.0708. The standard InChI is InChI=1S/C11H20N2O3S/c1-3-8(2)10-11(14)13(7-12-10)9-4-5-17(15,16)6-9/h8-10,12H,3-7H2,1-2H3. The van der Waals surface area contributed by atoms with Crippen LogP contribution in [0.5, 0.6) is 0 Å². The van der Waals surface area contributed by atoms with Crippen molar-refractivity contribution < 1.29 is 13.2 Å². The van der Waals surface area contributed by atoms with Gasteiger partial charge in [0, 0.05) is 6.04 Å². The third kappa shape index (κ3) is 2.47. The molecule has 98 valence electrons. The molecule has 3 atom stereocenters. The molecule has 0 bridgehead atoms. The molecule has 0 saturated carbocycles. The van der Waals surface area contributed by atoms with Crippen LogP contribution >= 0.6 is 0 Å². The molecule has 5 nitrogen and oxygen atoms in total. The zero-order valence-electron chi connectivity index (χ0n) is 10.3. The molecular formula is C11H20N2O3S. The maximum absolute atomic E-state index is 12.2. The molecule has 0 aromatic rings. The minimum Gasteiger partial charge on any atom is -0.325 e. The summed E-state index contributed by atoms with van der Waals surface area (Å²) >= 11 is 0. The normalized spacial score (nSPS) is 34.2. The lowest BCUT2D eigenvalue weighted by Crippen LogP contribution is -2.40. The summed E-state index contributed by atoms with van der Waals surface area (Å²) in [6.07, 6.45) is 1.53. The predicted octanol–water partition coefficient (Wildman–Crippen LogP) is -0.0225. The fourth-order valence-corrected chi connectivity index (χ4v) is 4.28. The molecule has 3 unspecified atom stereocenters. The highest BCUT2D eigenvalue weighted by molar-refractivity contribution is 7.91. The van der Waals surface area contributed by atoms with E-state index in [4.69, 9.17) is 0 Å². The number of carbonyl (C=O) groups is 1. The van der Waals surface area contributed by atoms with Crippen LogP contribution in [0.3, 0.4) is 0 Å². The third-order valence-corrected chi connectivity index (χ3v) is 5.64. The molecule has 2 fully saturated rings. The molecule has 17 heavy (non-hydrogen) atoms. The average molecular weight is 260 g/mol. The van der Waals surface area contributed by atoms with Crippen LogP contribution in [0.1, 0.15) is 26.7 Å². The molecule has 2 aliphatic heterocycles. The van der Waals surface area contributed by atoms with E-state index in [2.05, 4.69) is 12.2 Å². The summed E-state index contributed by atoms with van der Waals surface area (Å²) in [4.78, 5) is 13.9. The molecule has 0 aromatic heterocycles. The molecule has 1 N–H and O–H groups in total. The number of nitrogens with zero attached hydrogens (tertiary/aromatic N) is 1. The largest absolute Gasteiger partial charge is 0.325 e. The van der Waals surface area contributed by atoms with Gasteiger partial charge < -0.3 is 4.90 Å². The summed E-state index contributed by atoms with van der Waals surface area (Å²) in [5.41, 5.74) is 0. The Hall–Kier alpha value is -0.620. The summed E-state index contributed by atoms with van der Waals surface area (Å²) in [6.45, 7) is 4.60. The number of hydrogen-bond acceptors (Lipinski definition) is 4. The summed E-state index contributed by atoms with van der Waals surface area (Å²) in [7, 11) is -2.92. The fourth-order valence-electron chi connectivity index (χ4n) is 2.55. The van der Waals surface area contributed by atoms with Crippen molar-refractivity contribution in [2.45, 2.75) is 38.8 Å². The Morgan fingerprint density at radius 1 is 1.53 bits per heavy atom. The summed E-state index contributed by atoms with van der Waals surface area (Å²) in [5.74, 6) is 0.718. The van der Waals surface area contributed by atoms with Crippen LogP contribution in [0.25, 0.3) is 0 Å². The lowest BCUT2D eigenvalue weighted by molar-refractivity contribution is -0.131. The van der Waals surface area contributed by atoms with Gasteiger partial charge in [0.05, 0.1) is 24.2 Å². The van der Waals surface area contributed by atoms with E-state index in [9.17, 15) is 13.2 Å². The topological polar surface area (TPSA) is 66.5 Å². The molecule has 0 aromatic carbocycles. The second-order valence-corrected chi connectivity index (χ2v) is 7.32. The monoisotopic (exact) mass is 260 g/mol. The highest BCUT2D eigenvalue weighted by atomic mass is 32.2. The van der Waals surface area contributed by atoms with Gasteiger partial charge >= 0.3 is 0 Å². The van der Waals surface area contributed by atoms with Crippen LogP contribution in [0.15, 0.2) is 0 Å². The van der Waals surface area contributed by atoms with Crippen molar-refractivity contribution >= 4 is 15.7 Å². The van der Waals surface area contributed by atoms with E-state index in [1.54, 1.807) is 4.90 Å². The highest BCUT2D eigenvalue weighted by Gasteiger charge is 2.41. The molecule has 2 saturated heterocycles. The molecule has 2 rings (SSSR count). The van der Waals surface area contributed by atoms with Crippen LogP contribution < -0.4 is 5.32 Å². The SMILES string of the molecule is CCC(C)C1NCN(C2CCS(=O)(=O)C2)C1=O. The van der Waals surface area contributed by atoms with E-state index < -0.39 is 9.84 Å². The first-order chi connectivity index (χ1) is 7.94. The van der Waals surface area contributed by atoms with Crippen LogP contribution in [0.2, 0.25) is 0 Å². The van der Waals surface area contributed by atoms with Crippen LogP contribution in [0.4, 0.5) is 0 Å². The Labute approximate surface area is 102 Å². The average Bonchev–Trinajstić information content (AvgIpc) is 2.80. The van der Waals surface area contributed by atoms with E-state index in [0.29, 0.717) is 19.0 Å². The molecule has 0 spiro atoms. The van der Waals surface area contributed by atoms with Gasteiger partial charge in [-0.05, 0) is 12.3 Å². The van der Waals surface area contributed by atoms with E-state index in [0.717, 1.165) is 6.42 Å². The van der Waals surface area contributed by atoms with Gasteiger partial charge in [-0.2, -0.15) is 0 Å². The lowest BCUT2D eigenvalue weighted by Gasteiger charge is -2.23. The quantitative estimate of drug-likeness (QED) is 0.774. The Morgan fingerprint density at radius 2 is 2.24 bits per heavy atom. The van der Waals surface area contributed by atoms with Gasteiger partial charge in [-0.15, -0.1) is 0 Å². The molecule has 6 heteroatoms. The Kier molecular flexibility index (Phi) is 3.45.